The monoisotopic (exact) mass is 469 g/mol. The third-order valence-corrected chi connectivity index (χ3v) is 6.55. The number of halogens is 2. The van der Waals surface area contributed by atoms with E-state index in [0.717, 1.165) is 22.0 Å². The summed E-state index contributed by atoms with van der Waals surface area (Å²) in [5.74, 6) is -1.33. The lowest BCUT2D eigenvalue weighted by Gasteiger charge is -2.10. The van der Waals surface area contributed by atoms with Gasteiger partial charge in [0.25, 0.3) is 5.91 Å². The van der Waals surface area contributed by atoms with Gasteiger partial charge in [0, 0.05) is 16.1 Å². The number of hydrogen-bond acceptors (Lipinski definition) is 7. The lowest BCUT2D eigenvalue weighted by molar-refractivity contribution is 0.0945. The molecule has 0 atom stereocenters. The summed E-state index contributed by atoms with van der Waals surface area (Å²) in [6, 6.07) is 3.25. The Labute approximate surface area is 181 Å². The second kappa shape index (κ2) is 9.13. The summed E-state index contributed by atoms with van der Waals surface area (Å²) < 4.78 is 40.8. The van der Waals surface area contributed by atoms with E-state index in [1.165, 1.54) is 23.6 Å². The highest BCUT2D eigenvalue weighted by Crippen LogP contribution is 2.19. The van der Waals surface area contributed by atoms with Crippen LogP contribution in [0.5, 0.6) is 0 Å². The van der Waals surface area contributed by atoms with Crippen molar-refractivity contribution in [2.75, 3.05) is 0 Å². The first-order valence-electron chi connectivity index (χ1n) is 8.62. The van der Waals surface area contributed by atoms with Gasteiger partial charge in [-0.2, -0.15) is 0 Å². The molecule has 1 aromatic carbocycles. The molecular weight excluding hydrogens is 453 g/mol. The molecule has 0 radical (unpaired) electrons. The first-order valence-corrected chi connectivity index (χ1v) is 11.3. The van der Waals surface area contributed by atoms with Crippen molar-refractivity contribution in [2.45, 2.75) is 31.8 Å². The molecule has 3 rings (SSSR count). The minimum absolute atomic E-state index is 0.0941. The molecule has 30 heavy (non-hydrogen) atoms. The number of aryl methyl sites for hydroxylation is 2. The van der Waals surface area contributed by atoms with Gasteiger partial charge in [-0.25, -0.2) is 27.5 Å². The summed E-state index contributed by atoms with van der Waals surface area (Å²) in [5.41, 5.74) is 0.766. The fourth-order valence-corrected chi connectivity index (χ4v) is 4.52. The summed E-state index contributed by atoms with van der Waals surface area (Å²) >= 11 is 7.23. The zero-order chi connectivity index (χ0) is 21.9. The van der Waals surface area contributed by atoms with E-state index in [9.17, 15) is 17.6 Å². The van der Waals surface area contributed by atoms with Gasteiger partial charge in [0.1, 0.15) is 16.4 Å². The van der Waals surface area contributed by atoms with Gasteiger partial charge in [-0.1, -0.05) is 11.6 Å². The minimum atomic E-state index is -4.15. The molecule has 0 aliphatic carbocycles. The molecule has 1 amide bonds. The Hall–Kier alpha value is -2.47. The van der Waals surface area contributed by atoms with Crippen molar-refractivity contribution < 1.29 is 17.6 Å². The predicted octanol–water partition coefficient (Wildman–Crippen LogP) is 2.75. The van der Waals surface area contributed by atoms with E-state index in [4.69, 9.17) is 11.6 Å². The van der Waals surface area contributed by atoms with Gasteiger partial charge < -0.3 is 5.32 Å². The maximum Gasteiger partial charge on any atom is 0.271 e. The van der Waals surface area contributed by atoms with E-state index in [2.05, 4.69) is 25.0 Å². The third kappa shape index (κ3) is 5.36. The number of carbonyl (C=O) groups excluding carboxylic acids is 1. The smallest absolute Gasteiger partial charge is 0.271 e. The molecule has 0 saturated heterocycles. The van der Waals surface area contributed by atoms with Crippen molar-refractivity contribution >= 4 is 38.9 Å². The topological polar surface area (TPSA) is 114 Å². The number of aromatic nitrogens is 3. The molecule has 158 valence electrons. The molecule has 3 aromatic rings. The molecular formula is C18H17ClFN5O3S2. The molecule has 2 N–H and O–H groups in total. The number of hydrogen-bond donors (Lipinski definition) is 2. The van der Waals surface area contributed by atoms with Crippen LogP contribution in [0.25, 0.3) is 0 Å². The zero-order valence-electron chi connectivity index (χ0n) is 15.9. The molecule has 0 saturated carbocycles. The van der Waals surface area contributed by atoms with Crippen LogP contribution in [0.2, 0.25) is 5.02 Å². The molecule has 0 spiro atoms. The van der Waals surface area contributed by atoms with Crippen LogP contribution in [0, 0.1) is 19.7 Å². The maximum atomic E-state index is 13.9. The summed E-state index contributed by atoms with van der Waals surface area (Å²) in [4.78, 5) is 25.0. The van der Waals surface area contributed by atoms with E-state index in [0.29, 0.717) is 17.9 Å². The average molecular weight is 470 g/mol. The van der Waals surface area contributed by atoms with Crippen LogP contribution in [-0.2, 0) is 23.1 Å². The highest BCUT2D eigenvalue weighted by molar-refractivity contribution is 7.89. The molecule has 0 aliphatic heterocycles. The van der Waals surface area contributed by atoms with Gasteiger partial charge in [-0.05, 0) is 32.0 Å². The molecule has 0 aliphatic rings. The minimum Gasteiger partial charge on any atom is -0.346 e. The van der Waals surface area contributed by atoms with E-state index in [-0.39, 0.29) is 17.3 Å². The zero-order valence-corrected chi connectivity index (χ0v) is 18.3. The number of nitrogens with one attached hydrogen (secondary N) is 2. The standard InChI is InChI=1S/C18H17ClFN5O3S2/c1-10-15(9-24-30(27,28)17-5-12(19)3-4-14(17)20)22-8-16(25-10)18(26)23-7-13-6-21-11(2)29-13/h3-6,8,24H,7,9H2,1-2H3,(H,23,26). The van der Waals surface area contributed by atoms with Crippen molar-refractivity contribution in [3.8, 4) is 0 Å². The van der Waals surface area contributed by atoms with E-state index >= 15 is 0 Å². The fourth-order valence-electron chi connectivity index (χ4n) is 2.46. The lowest BCUT2D eigenvalue weighted by Crippen LogP contribution is -2.27. The van der Waals surface area contributed by atoms with Gasteiger partial charge in [-0.15, -0.1) is 11.3 Å². The fraction of sp³-hybridized carbons (Fsp3) is 0.222. The highest BCUT2D eigenvalue weighted by Gasteiger charge is 2.20. The largest absolute Gasteiger partial charge is 0.346 e. The van der Waals surface area contributed by atoms with Gasteiger partial charge in [0.05, 0.1) is 35.7 Å². The second-order valence-electron chi connectivity index (χ2n) is 6.21. The summed E-state index contributed by atoms with van der Waals surface area (Å²) in [6.07, 6.45) is 2.94. The molecule has 0 bridgehead atoms. The molecule has 2 heterocycles. The number of nitrogens with zero attached hydrogens (tertiary/aromatic N) is 3. The summed E-state index contributed by atoms with van der Waals surface area (Å²) in [5, 5.41) is 3.72. The molecule has 8 nitrogen and oxygen atoms in total. The summed E-state index contributed by atoms with van der Waals surface area (Å²) in [7, 11) is -4.15. The average Bonchev–Trinajstić information content (AvgIpc) is 3.12. The Morgan fingerprint density at radius 2 is 1.97 bits per heavy atom. The van der Waals surface area contributed by atoms with Gasteiger partial charge in [0.2, 0.25) is 10.0 Å². The molecule has 2 aromatic heterocycles. The van der Waals surface area contributed by atoms with Crippen LogP contribution in [0.1, 0.15) is 31.8 Å². The summed E-state index contributed by atoms with van der Waals surface area (Å²) in [6.45, 7) is 3.56. The normalized spacial score (nSPS) is 11.5. The maximum absolute atomic E-state index is 13.9. The number of thiazole rings is 1. The number of carbonyl (C=O) groups is 1. The Morgan fingerprint density at radius 1 is 1.20 bits per heavy atom. The first kappa shape index (κ1) is 22.2. The van der Waals surface area contributed by atoms with E-state index < -0.39 is 26.6 Å². The van der Waals surface area contributed by atoms with E-state index in [1.807, 2.05) is 6.92 Å². The molecule has 0 fully saturated rings. The van der Waals surface area contributed by atoms with Crippen LogP contribution in [-0.4, -0.2) is 29.3 Å². The molecule has 12 heteroatoms. The van der Waals surface area contributed by atoms with Gasteiger partial charge in [-0.3, -0.25) is 9.78 Å². The number of benzene rings is 1. The number of sulfonamides is 1. The predicted molar refractivity (Wildman–Crippen MR) is 110 cm³/mol. The van der Waals surface area contributed by atoms with Gasteiger partial charge in [0.15, 0.2) is 0 Å². The van der Waals surface area contributed by atoms with Crippen LogP contribution in [0.15, 0.2) is 35.5 Å². The highest BCUT2D eigenvalue weighted by atomic mass is 35.5. The first-order chi connectivity index (χ1) is 14.2. The lowest BCUT2D eigenvalue weighted by atomic mass is 10.3. The van der Waals surface area contributed by atoms with Crippen molar-refractivity contribution in [1.82, 2.24) is 25.0 Å². The number of rotatable bonds is 7. The van der Waals surface area contributed by atoms with Crippen LogP contribution in [0.3, 0.4) is 0 Å². The Morgan fingerprint density at radius 3 is 2.63 bits per heavy atom. The quantitative estimate of drug-likeness (QED) is 0.550. The van der Waals surface area contributed by atoms with Gasteiger partial charge >= 0.3 is 0 Å². The van der Waals surface area contributed by atoms with Crippen molar-refractivity contribution in [2.24, 2.45) is 0 Å². The Bertz CT molecular complexity index is 1200. The molecule has 0 unspecified atom stereocenters. The Kier molecular flexibility index (Phi) is 6.76. The van der Waals surface area contributed by atoms with Crippen molar-refractivity contribution in [3.63, 3.8) is 0 Å². The van der Waals surface area contributed by atoms with Crippen molar-refractivity contribution in [3.05, 3.63) is 68.4 Å². The van der Waals surface area contributed by atoms with Crippen LogP contribution >= 0.6 is 22.9 Å². The van der Waals surface area contributed by atoms with Crippen LogP contribution in [0.4, 0.5) is 4.39 Å². The van der Waals surface area contributed by atoms with E-state index in [1.54, 1.807) is 13.1 Å². The van der Waals surface area contributed by atoms with Crippen LogP contribution < -0.4 is 10.0 Å². The Balaban J connectivity index is 1.66. The number of amides is 1. The SMILES string of the molecule is Cc1ncc(CNC(=O)c2cnc(CNS(=O)(=O)c3cc(Cl)ccc3F)c(C)n2)s1. The van der Waals surface area contributed by atoms with Crippen molar-refractivity contribution in [1.29, 1.82) is 0 Å². The second-order valence-corrected chi connectivity index (χ2v) is 9.71. The third-order valence-electron chi connectivity index (χ3n) is 3.99.